The van der Waals surface area contributed by atoms with Gasteiger partial charge in [0.05, 0.1) is 18.4 Å². The summed E-state index contributed by atoms with van der Waals surface area (Å²) in [6.45, 7) is 4.02. The Balaban J connectivity index is 1.54. The molecular weight excluding hydrogens is 456 g/mol. The third kappa shape index (κ3) is 5.65. The number of benzene rings is 3. The largest absolute Gasteiger partial charge is 0.493 e. The van der Waals surface area contributed by atoms with E-state index in [0.717, 1.165) is 22.4 Å². The number of aromatic nitrogens is 1. The van der Waals surface area contributed by atoms with Gasteiger partial charge in [-0.1, -0.05) is 60.2 Å². The number of Topliss-reactive ketones (excluding diaryl/α,β-unsaturated/α-hetero) is 1. The van der Waals surface area contributed by atoms with Crippen LogP contribution >= 0.6 is 11.3 Å². The molecule has 6 heteroatoms. The van der Waals surface area contributed by atoms with Gasteiger partial charge in [-0.05, 0) is 43.2 Å². The number of aryl methyl sites for hydroxylation is 2. The highest BCUT2D eigenvalue weighted by atomic mass is 32.1. The first-order valence-corrected chi connectivity index (χ1v) is 11.9. The highest BCUT2D eigenvalue weighted by Crippen LogP contribution is 2.32. The monoisotopic (exact) mass is 480 g/mol. The molecule has 4 aromatic rings. The fourth-order valence-electron chi connectivity index (χ4n) is 3.67. The molecule has 174 valence electrons. The molecule has 0 saturated carbocycles. The third-order valence-corrected chi connectivity index (χ3v) is 6.34. The first-order chi connectivity index (χ1) is 17.0. The first kappa shape index (κ1) is 23.9. The number of ether oxygens (including phenoxy) is 2. The van der Waals surface area contributed by atoms with E-state index in [-0.39, 0.29) is 12.4 Å². The summed E-state index contributed by atoms with van der Waals surface area (Å²) in [5.41, 5.74) is 6.08. The van der Waals surface area contributed by atoms with Crippen LogP contribution in [-0.2, 0) is 0 Å². The Kier molecular flexibility index (Phi) is 7.39. The van der Waals surface area contributed by atoms with Gasteiger partial charge in [-0.15, -0.1) is 11.3 Å². The number of carbonyl (C=O) groups is 1. The number of nitriles is 1. The Hall–Kier alpha value is -4.21. The fourth-order valence-corrected chi connectivity index (χ4v) is 4.46. The fraction of sp³-hybridized carbons (Fsp3) is 0.138. The Bertz CT molecular complexity index is 1430. The van der Waals surface area contributed by atoms with Crippen LogP contribution in [0, 0.1) is 25.2 Å². The van der Waals surface area contributed by atoms with Crippen LogP contribution in [0.15, 0.2) is 72.1 Å². The van der Waals surface area contributed by atoms with Crippen LogP contribution in [-0.4, -0.2) is 24.5 Å². The normalized spacial score (nSPS) is 11.1. The van der Waals surface area contributed by atoms with Gasteiger partial charge >= 0.3 is 0 Å². The number of allylic oxidation sites excluding steroid dienone is 1. The molecule has 0 aliphatic heterocycles. The Morgan fingerprint density at radius 3 is 2.57 bits per heavy atom. The molecule has 35 heavy (non-hydrogen) atoms. The van der Waals surface area contributed by atoms with E-state index in [1.54, 1.807) is 30.3 Å². The molecule has 5 nitrogen and oxygen atoms in total. The molecular formula is C29H24N2O3S. The van der Waals surface area contributed by atoms with Crippen LogP contribution in [0.3, 0.4) is 0 Å². The second-order valence-corrected chi connectivity index (χ2v) is 8.87. The maximum atomic E-state index is 12.4. The van der Waals surface area contributed by atoms with Gasteiger partial charge in [0.25, 0.3) is 0 Å². The lowest BCUT2D eigenvalue weighted by Gasteiger charge is -2.11. The van der Waals surface area contributed by atoms with Crippen molar-refractivity contribution in [1.29, 1.82) is 5.26 Å². The summed E-state index contributed by atoms with van der Waals surface area (Å²) in [6, 6.07) is 22.8. The maximum Gasteiger partial charge on any atom is 0.200 e. The second kappa shape index (κ2) is 10.8. The second-order valence-electron chi connectivity index (χ2n) is 8.01. The van der Waals surface area contributed by atoms with Gasteiger partial charge in [0.1, 0.15) is 11.1 Å². The van der Waals surface area contributed by atoms with E-state index in [4.69, 9.17) is 14.5 Å². The van der Waals surface area contributed by atoms with Crippen LogP contribution in [0.1, 0.15) is 32.1 Å². The summed E-state index contributed by atoms with van der Waals surface area (Å²) in [5, 5.41) is 12.4. The van der Waals surface area contributed by atoms with Crippen molar-refractivity contribution in [1.82, 2.24) is 4.98 Å². The molecule has 0 aliphatic carbocycles. The number of rotatable bonds is 8. The number of ketones is 1. The lowest BCUT2D eigenvalue weighted by Crippen LogP contribution is -2.11. The topological polar surface area (TPSA) is 72.2 Å². The molecule has 0 N–H and O–H groups in total. The molecule has 3 aromatic carbocycles. The molecule has 0 fully saturated rings. The SMILES string of the molecule is COc1cc(/C=C(/C#N)c2nc(-c3ccc(C)cc3C)cs2)ccc1OCC(=O)c1ccccc1. The van der Waals surface area contributed by atoms with Gasteiger partial charge in [-0.2, -0.15) is 5.26 Å². The van der Waals surface area contributed by atoms with Crippen LogP contribution in [0.2, 0.25) is 0 Å². The summed E-state index contributed by atoms with van der Waals surface area (Å²) in [5.74, 6) is 0.817. The van der Waals surface area contributed by atoms with E-state index in [1.807, 2.05) is 29.6 Å². The molecule has 0 spiro atoms. The molecule has 0 bridgehead atoms. The van der Waals surface area contributed by atoms with E-state index >= 15 is 0 Å². The molecule has 1 aromatic heterocycles. The van der Waals surface area contributed by atoms with E-state index in [0.29, 0.717) is 27.6 Å². The zero-order valence-electron chi connectivity index (χ0n) is 19.7. The van der Waals surface area contributed by atoms with Crippen LogP contribution < -0.4 is 9.47 Å². The van der Waals surface area contributed by atoms with Crippen molar-refractivity contribution in [2.45, 2.75) is 13.8 Å². The molecule has 0 unspecified atom stereocenters. The molecule has 4 rings (SSSR count). The summed E-state index contributed by atoms with van der Waals surface area (Å²) >= 11 is 1.44. The summed E-state index contributed by atoms with van der Waals surface area (Å²) in [4.78, 5) is 17.1. The van der Waals surface area contributed by atoms with E-state index in [1.165, 1.54) is 24.0 Å². The Labute approximate surface area is 208 Å². The predicted octanol–water partition coefficient (Wildman–Crippen LogP) is 6.76. The Morgan fingerprint density at radius 2 is 1.86 bits per heavy atom. The molecule has 0 amide bonds. The van der Waals surface area contributed by atoms with E-state index < -0.39 is 0 Å². The van der Waals surface area contributed by atoms with E-state index in [9.17, 15) is 10.1 Å². The van der Waals surface area contributed by atoms with Crippen LogP contribution in [0.25, 0.3) is 22.9 Å². The number of methoxy groups -OCH3 is 1. The van der Waals surface area contributed by atoms with Crippen LogP contribution in [0.4, 0.5) is 0 Å². The standard InChI is InChI=1S/C29H24N2O3S/c1-19-9-11-24(20(2)13-19)25-18-35-29(31-25)23(16-30)14-21-10-12-27(28(15-21)33-3)34-17-26(32)22-7-5-4-6-8-22/h4-15,18H,17H2,1-3H3/b23-14-. The minimum absolute atomic E-state index is 0.0979. The predicted molar refractivity (Wildman–Crippen MR) is 140 cm³/mol. The first-order valence-electron chi connectivity index (χ1n) is 11.0. The van der Waals surface area contributed by atoms with Crippen molar-refractivity contribution in [3.63, 3.8) is 0 Å². The number of thiazole rings is 1. The number of carbonyl (C=O) groups excluding carboxylic acids is 1. The quantitative estimate of drug-likeness (QED) is 0.206. The van der Waals surface area contributed by atoms with Crippen LogP contribution in [0.5, 0.6) is 11.5 Å². The van der Waals surface area contributed by atoms with Crippen molar-refractivity contribution in [2.75, 3.05) is 13.7 Å². The highest BCUT2D eigenvalue weighted by Gasteiger charge is 2.13. The van der Waals surface area contributed by atoms with Gasteiger partial charge < -0.3 is 9.47 Å². The maximum absolute atomic E-state index is 12.4. The van der Waals surface area contributed by atoms with Gasteiger partial charge in [0.2, 0.25) is 0 Å². The number of hydrogen-bond donors (Lipinski definition) is 0. The lowest BCUT2D eigenvalue weighted by molar-refractivity contribution is 0.0919. The van der Waals surface area contributed by atoms with Crippen molar-refractivity contribution in [2.24, 2.45) is 0 Å². The van der Waals surface area contributed by atoms with Gasteiger partial charge in [-0.25, -0.2) is 4.98 Å². The molecule has 0 saturated heterocycles. The summed E-state index contributed by atoms with van der Waals surface area (Å²) in [7, 11) is 1.54. The van der Waals surface area contributed by atoms with E-state index in [2.05, 4.69) is 38.1 Å². The molecule has 1 heterocycles. The minimum Gasteiger partial charge on any atom is -0.493 e. The summed E-state index contributed by atoms with van der Waals surface area (Å²) in [6.07, 6.45) is 1.77. The average Bonchev–Trinajstić information content (AvgIpc) is 3.36. The zero-order valence-corrected chi connectivity index (χ0v) is 20.6. The van der Waals surface area contributed by atoms with Crippen molar-refractivity contribution in [3.05, 3.63) is 99.4 Å². The number of hydrogen-bond acceptors (Lipinski definition) is 6. The summed E-state index contributed by atoms with van der Waals surface area (Å²) < 4.78 is 11.2. The van der Waals surface area contributed by atoms with Crippen molar-refractivity contribution >= 4 is 28.8 Å². The average molecular weight is 481 g/mol. The molecule has 0 radical (unpaired) electrons. The minimum atomic E-state index is -0.119. The number of nitrogens with zero attached hydrogens (tertiary/aromatic N) is 2. The zero-order chi connectivity index (χ0) is 24.8. The Morgan fingerprint density at radius 1 is 1.06 bits per heavy atom. The lowest BCUT2D eigenvalue weighted by atomic mass is 10.0. The van der Waals surface area contributed by atoms with Gasteiger partial charge in [-0.3, -0.25) is 4.79 Å². The van der Waals surface area contributed by atoms with Crippen molar-refractivity contribution in [3.8, 4) is 28.8 Å². The third-order valence-electron chi connectivity index (χ3n) is 5.47. The van der Waals surface area contributed by atoms with Crippen molar-refractivity contribution < 1.29 is 14.3 Å². The van der Waals surface area contributed by atoms with Gasteiger partial charge in [0, 0.05) is 16.5 Å². The smallest absolute Gasteiger partial charge is 0.200 e. The van der Waals surface area contributed by atoms with Gasteiger partial charge in [0.15, 0.2) is 23.9 Å². The molecule has 0 aliphatic rings. The highest BCUT2D eigenvalue weighted by molar-refractivity contribution is 7.11. The molecule has 0 atom stereocenters.